The standard InChI is InChI=1S/C10H13N5O2/c11-10-13-8-7(9(17)14-10)12-4-15(8)5-1-2-6(16)3-5/h4-6,16H,1-3H2,(H3,11,13,14,17)/t5-,6+/m1/s1. The van der Waals surface area contributed by atoms with Gasteiger partial charge in [-0.05, 0) is 19.3 Å². The molecular formula is C10H13N5O2. The summed E-state index contributed by atoms with van der Waals surface area (Å²) in [5, 5.41) is 9.53. The summed E-state index contributed by atoms with van der Waals surface area (Å²) in [6.45, 7) is 0. The van der Waals surface area contributed by atoms with Crippen LogP contribution in [-0.4, -0.2) is 30.7 Å². The Hall–Kier alpha value is -1.89. The van der Waals surface area contributed by atoms with Gasteiger partial charge in [-0.2, -0.15) is 4.98 Å². The molecular weight excluding hydrogens is 222 g/mol. The summed E-state index contributed by atoms with van der Waals surface area (Å²) in [6.07, 6.45) is 3.61. The minimum atomic E-state index is -0.329. The van der Waals surface area contributed by atoms with E-state index < -0.39 is 0 Å². The first kappa shape index (κ1) is 10.3. The van der Waals surface area contributed by atoms with Crippen LogP contribution in [0.1, 0.15) is 25.3 Å². The van der Waals surface area contributed by atoms with Crippen molar-refractivity contribution >= 4 is 17.1 Å². The monoisotopic (exact) mass is 235 g/mol. The number of aliphatic hydroxyl groups is 1. The van der Waals surface area contributed by atoms with Gasteiger partial charge in [0, 0.05) is 6.04 Å². The van der Waals surface area contributed by atoms with Gasteiger partial charge in [-0.15, -0.1) is 0 Å². The number of anilines is 1. The van der Waals surface area contributed by atoms with Crippen molar-refractivity contribution in [2.45, 2.75) is 31.4 Å². The van der Waals surface area contributed by atoms with E-state index in [-0.39, 0.29) is 23.7 Å². The zero-order valence-electron chi connectivity index (χ0n) is 9.13. The molecule has 0 unspecified atom stereocenters. The van der Waals surface area contributed by atoms with Gasteiger partial charge in [0.25, 0.3) is 5.56 Å². The third kappa shape index (κ3) is 1.59. The summed E-state index contributed by atoms with van der Waals surface area (Å²) in [5.74, 6) is 0.0859. The fourth-order valence-corrected chi connectivity index (χ4v) is 2.40. The number of nitrogens with zero attached hydrogens (tertiary/aromatic N) is 3. The molecule has 0 aromatic carbocycles. The highest BCUT2D eigenvalue weighted by Crippen LogP contribution is 2.31. The molecule has 2 heterocycles. The highest BCUT2D eigenvalue weighted by Gasteiger charge is 2.26. The number of imidazole rings is 1. The molecule has 17 heavy (non-hydrogen) atoms. The number of fused-ring (bicyclic) bond motifs is 1. The van der Waals surface area contributed by atoms with E-state index in [1.54, 1.807) is 6.33 Å². The molecule has 90 valence electrons. The quantitative estimate of drug-likeness (QED) is 0.633. The molecule has 0 bridgehead atoms. The summed E-state index contributed by atoms with van der Waals surface area (Å²) in [5.41, 5.74) is 5.98. The third-order valence-corrected chi connectivity index (χ3v) is 3.22. The van der Waals surface area contributed by atoms with Gasteiger partial charge in [-0.1, -0.05) is 0 Å². The topological polar surface area (TPSA) is 110 Å². The van der Waals surface area contributed by atoms with Gasteiger partial charge in [0.1, 0.15) is 0 Å². The SMILES string of the molecule is Nc1nc2c(ncn2[C@@H]2CC[C@H](O)C2)c(=O)[nH]1. The summed E-state index contributed by atoms with van der Waals surface area (Å²) in [7, 11) is 0. The molecule has 2 aromatic heterocycles. The van der Waals surface area contributed by atoms with Gasteiger partial charge < -0.3 is 15.4 Å². The Kier molecular flexibility index (Phi) is 2.15. The number of aromatic amines is 1. The van der Waals surface area contributed by atoms with Crippen LogP contribution in [-0.2, 0) is 0 Å². The average molecular weight is 235 g/mol. The number of hydrogen-bond donors (Lipinski definition) is 3. The lowest BCUT2D eigenvalue weighted by Crippen LogP contribution is -2.13. The molecule has 1 fully saturated rings. The number of hydrogen-bond acceptors (Lipinski definition) is 5. The molecule has 0 amide bonds. The fourth-order valence-electron chi connectivity index (χ4n) is 2.40. The number of nitrogens with two attached hydrogens (primary N) is 1. The van der Waals surface area contributed by atoms with E-state index in [0.29, 0.717) is 17.6 Å². The van der Waals surface area contributed by atoms with Crippen LogP contribution in [0.5, 0.6) is 0 Å². The lowest BCUT2D eigenvalue weighted by atomic mass is 10.2. The van der Waals surface area contributed by atoms with Crippen molar-refractivity contribution < 1.29 is 5.11 Å². The Morgan fingerprint density at radius 1 is 1.53 bits per heavy atom. The fraction of sp³-hybridized carbons (Fsp3) is 0.500. The second-order valence-corrected chi connectivity index (χ2v) is 4.40. The molecule has 4 N–H and O–H groups in total. The number of aliphatic hydroxyl groups excluding tert-OH is 1. The summed E-state index contributed by atoms with van der Waals surface area (Å²) in [4.78, 5) is 22.2. The molecule has 1 aliphatic carbocycles. The third-order valence-electron chi connectivity index (χ3n) is 3.22. The van der Waals surface area contributed by atoms with Crippen LogP contribution >= 0.6 is 0 Å². The molecule has 2 atom stereocenters. The van der Waals surface area contributed by atoms with E-state index in [0.717, 1.165) is 12.8 Å². The van der Waals surface area contributed by atoms with E-state index in [4.69, 9.17) is 5.73 Å². The normalized spacial score (nSPS) is 24.5. The van der Waals surface area contributed by atoms with Crippen molar-refractivity contribution in [3.05, 3.63) is 16.7 Å². The second kappa shape index (κ2) is 3.56. The Balaban J connectivity index is 2.15. The number of nitrogen functional groups attached to an aromatic ring is 1. The van der Waals surface area contributed by atoms with Gasteiger partial charge in [0.05, 0.1) is 12.4 Å². The van der Waals surface area contributed by atoms with E-state index in [2.05, 4.69) is 15.0 Å². The van der Waals surface area contributed by atoms with Crippen LogP contribution < -0.4 is 11.3 Å². The van der Waals surface area contributed by atoms with Gasteiger partial charge in [-0.3, -0.25) is 9.78 Å². The first-order valence-electron chi connectivity index (χ1n) is 5.55. The lowest BCUT2D eigenvalue weighted by molar-refractivity contribution is 0.178. The van der Waals surface area contributed by atoms with Crippen LogP contribution in [0.3, 0.4) is 0 Å². The first-order valence-corrected chi connectivity index (χ1v) is 5.55. The van der Waals surface area contributed by atoms with Crippen LogP contribution in [0, 0.1) is 0 Å². The van der Waals surface area contributed by atoms with Crippen molar-refractivity contribution in [2.24, 2.45) is 0 Å². The molecule has 2 aromatic rings. The van der Waals surface area contributed by atoms with Crippen LogP contribution in [0.25, 0.3) is 11.2 Å². The lowest BCUT2D eigenvalue weighted by Gasteiger charge is -2.11. The second-order valence-electron chi connectivity index (χ2n) is 4.40. The average Bonchev–Trinajstić information content (AvgIpc) is 2.83. The minimum absolute atomic E-state index is 0.0859. The van der Waals surface area contributed by atoms with Crippen LogP contribution in [0.4, 0.5) is 5.95 Å². The smallest absolute Gasteiger partial charge is 0.280 e. The molecule has 1 saturated carbocycles. The number of aromatic nitrogens is 4. The predicted molar refractivity (Wildman–Crippen MR) is 61.5 cm³/mol. The van der Waals surface area contributed by atoms with Crippen LogP contribution in [0.2, 0.25) is 0 Å². The first-order chi connectivity index (χ1) is 8.15. The number of rotatable bonds is 1. The van der Waals surface area contributed by atoms with Crippen LogP contribution in [0.15, 0.2) is 11.1 Å². The molecule has 7 nitrogen and oxygen atoms in total. The summed E-state index contributed by atoms with van der Waals surface area (Å²) in [6, 6.07) is 0.142. The van der Waals surface area contributed by atoms with Crippen molar-refractivity contribution in [2.75, 3.05) is 5.73 Å². The van der Waals surface area contributed by atoms with E-state index in [9.17, 15) is 9.90 Å². The molecule has 1 aliphatic rings. The zero-order valence-corrected chi connectivity index (χ0v) is 9.13. The molecule has 0 spiro atoms. The molecule has 3 rings (SSSR count). The minimum Gasteiger partial charge on any atom is -0.393 e. The Morgan fingerprint density at radius 3 is 3.06 bits per heavy atom. The van der Waals surface area contributed by atoms with E-state index in [1.807, 2.05) is 4.57 Å². The van der Waals surface area contributed by atoms with Crippen molar-refractivity contribution in [3.8, 4) is 0 Å². The summed E-state index contributed by atoms with van der Waals surface area (Å²) < 4.78 is 1.83. The zero-order chi connectivity index (χ0) is 12.0. The van der Waals surface area contributed by atoms with Crippen molar-refractivity contribution in [3.63, 3.8) is 0 Å². The molecule has 0 saturated heterocycles. The molecule has 7 heteroatoms. The van der Waals surface area contributed by atoms with Gasteiger partial charge in [0.2, 0.25) is 5.95 Å². The maximum absolute atomic E-state index is 11.6. The molecule has 0 aliphatic heterocycles. The van der Waals surface area contributed by atoms with Crippen molar-refractivity contribution in [1.82, 2.24) is 19.5 Å². The highest BCUT2D eigenvalue weighted by molar-refractivity contribution is 5.70. The van der Waals surface area contributed by atoms with Crippen molar-refractivity contribution in [1.29, 1.82) is 0 Å². The molecule has 0 radical (unpaired) electrons. The Bertz CT molecular complexity index is 617. The Morgan fingerprint density at radius 2 is 2.35 bits per heavy atom. The maximum Gasteiger partial charge on any atom is 0.280 e. The Labute approximate surface area is 96.3 Å². The number of nitrogens with one attached hydrogen (secondary N) is 1. The van der Waals surface area contributed by atoms with Gasteiger partial charge in [0.15, 0.2) is 11.2 Å². The number of H-pyrrole nitrogens is 1. The van der Waals surface area contributed by atoms with E-state index in [1.165, 1.54) is 0 Å². The predicted octanol–water partition coefficient (Wildman–Crippen LogP) is -0.212. The highest BCUT2D eigenvalue weighted by atomic mass is 16.3. The maximum atomic E-state index is 11.6. The van der Waals surface area contributed by atoms with E-state index >= 15 is 0 Å². The van der Waals surface area contributed by atoms with Gasteiger partial charge in [-0.25, -0.2) is 4.98 Å². The van der Waals surface area contributed by atoms with Gasteiger partial charge >= 0.3 is 0 Å². The summed E-state index contributed by atoms with van der Waals surface area (Å²) >= 11 is 0. The largest absolute Gasteiger partial charge is 0.393 e.